The molecule has 1 aromatic heterocycles. The molecule has 11 heteroatoms. The first-order valence-electron chi connectivity index (χ1n) is 12.7. The van der Waals surface area contributed by atoms with Gasteiger partial charge in [-0.3, -0.25) is 0 Å². The Bertz CT molecular complexity index is 1370. The van der Waals surface area contributed by atoms with Crippen molar-refractivity contribution in [1.29, 1.82) is 0 Å². The van der Waals surface area contributed by atoms with Gasteiger partial charge in [0.1, 0.15) is 0 Å². The van der Waals surface area contributed by atoms with E-state index in [9.17, 15) is 9.90 Å². The molecule has 1 aliphatic heterocycles. The second-order valence-electron chi connectivity index (χ2n) is 8.98. The van der Waals surface area contributed by atoms with Crippen molar-refractivity contribution in [3.63, 3.8) is 0 Å². The fourth-order valence-electron chi connectivity index (χ4n) is 4.29. The maximum Gasteiger partial charge on any atom is 0.319 e. The van der Waals surface area contributed by atoms with Crippen LogP contribution in [0.4, 0.5) is 10.5 Å². The summed E-state index contributed by atoms with van der Waals surface area (Å²) in [6.45, 7) is 2.38. The molecule has 5 rings (SSSR count). The number of benzene rings is 3. The number of hydrogen-bond acceptors (Lipinski definition) is 8. The van der Waals surface area contributed by atoms with Gasteiger partial charge < -0.3 is 25.2 Å². The van der Waals surface area contributed by atoms with E-state index in [4.69, 9.17) is 9.47 Å². The molecule has 0 saturated carbocycles. The number of thioether (sulfide) groups is 1. The van der Waals surface area contributed by atoms with Crippen molar-refractivity contribution in [2.45, 2.75) is 43.6 Å². The van der Waals surface area contributed by atoms with Gasteiger partial charge in [0.05, 0.1) is 24.5 Å². The van der Waals surface area contributed by atoms with Crippen LogP contribution in [0.1, 0.15) is 42.4 Å². The molecule has 3 atom stereocenters. The molecule has 2 heterocycles. The molecule has 39 heavy (non-hydrogen) atoms. The number of nitrogens with one attached hydrogen (secondary N) is 2. The van der Waals surface area contributed by atoms with Crippen LogP contribution >= 0.6 is 11.8 Å². The fourth-order valence-corrected chi connectivity index (χ4v) is 5.20. The highest BCUT2D eigenvalue weighted by Crippen LogP contribution is 2.39. The second kappa shape index (κ2) is 12.9. The highest BCUT2D eigenvalue weighted by molar-refractivity contribution is 7.99. The Balaban J connectivity index is 1.35. The van der Waals surface area contributed by atoms with Gasteiger partial charge >= 0.3 is 6.03 Å². The van der Waals surface area contributed by atoms with Gasteiger partial charge in [-0.2, -0.15) is 4.68 Å². The first-order valence-corrected chi connectivity index (χ1v) is 13.7. The van der Waals surface area contributed by atoms with Crippen LogP contribution in [0.2, 0.25) is 0 Å². The standard InChI is InChI=1S/C28H30N6O4S/c1-2-29-27(36)30-22-8-6-7-21(15-22)26-37-24(16-25(38-26)20-13-11-19(17-35)12-14-20)18-39-28-31-32-33-34(28)23-9-4-3-5-10-23/h3-15,24-26,35H,2,16-18H2,1H3,(H2,29,30,36)/t24-,25+,26+/m0/s1. The number of amides is 2. The smallest absolute Gasteiger partial charge is 0.319 e. The number of carbonyl (C=O) groups is 1. The lowest BCUT2D eigenvalue weighted by molar-refractivity contribution is -0.245. The van der Waals surface area contributed by atoms with Crippen LogP contribution < -0.4 is 10.6 Å². The summed E-state index contributed by atoms with van der Waals surface area (Å²) < 4.78 is 14.6. The molecule has 2 amide bonds. The Morgan fingerprint density at radius 1 is 1.05 bits per heavy atom. The van der Waals surface area contributed by atoms with Crippen LogP contribution in [0.3, 0.4) is 0 Å². The molecular weight excluding hydrogens is 516 g/mol. The average molecular weight is 547 g/mol. The lowest BCUT2D eigenvalue weighted by Crippen LogP contribution is -2.31. The maximum absolute atomic E-state index is 12.0. The van der Waals surface area contributed by atoms with Crippen molar-refractivity contribution >= 4 is 23.5 Å². The van der Waals surface area contributed by atoms with E-state index in [1.165, 1.54) is 11.8 Å². The molecule has 0 spiro atoms. The molecule has 0 radical (unpaired) electrons. The average Bonchev–Trinajstić information content (AvgIpc) is 3.45. The predicted molar refractivity (Wildman–Crippen MR) is 147 cm³/mol. The molecule has 0 unspecified atom stereocenters. The highest BCUT2D eigenvalue weighted by Gasteiger charge is 2.33. The number of aliphatic hydroxyl groups is 1. The summed E-state index contributed by atoms with van der Waals surface area (Å²) in [5.74, 6) is 0.606. The molecule has 0 bridgehead atoms. The minimum absolute atomic E-state index is 0.0155. The quantitative estimate of drug-likeness (QED) is 0.260. The Morgan fingerprint density at radius 3 is 2.64 bits per heavy atom. The van der Waals surface area contributed by atoms with Gasteiger partial charge in [0.2, 0.25) is 5.16 Å². The summed E-state index contributed by atoms with van der Waals surface area (Å²) in [6, 6.07) is 24.7. The van der Waals surface area contributed by atoms with Crippen LogP contribution in [0, 0.1) is 0 Å². The van der Waals surface area contributed by atoms with E-state index < -0.39 is 6.29 Å². The van der Waals surface area contributed by atoms with Gasteiger partial charge in [-0.05, 0) is 52.7 Å². The van der Waals surface area contributed by atoms with Crippen LogP contribution in [0.25, 0.3) is 5.69 Å². The van der Waals surface area contributed by atoms with E-state index in [0.717, 1.165) is 22.4 Å². The van der Waals surface area contributed by atoms with Crippen LogP contribution in [0.15, 0.2) is 84.0 Å². The minimum atomic E-state index is -0.645. The van der Waals surface area contributed by atoms with Gasteiger partial charge in [0.15, 0.2) is 6.29 Å². The highest BCUT2D eigenvalue weighted by atomic mass is 32.2. The molecule has 202 valence electrons. The maximum atomic E-state index is 12.0. The van der Waals surface area contributed by atoms with Crippen molar-refractivity contribution in [3.8, 4) is 5.69 Å². The van der Waals surface area contributed by atoms with Gasteiger partial charge in [-0.1, -0.05) is 66.4 Å². The number of nitrogens with zero attached hydrogens (tertiary/aromatic N) is 4. The fraction of sp³-hybridized carbons (Fsp3) is 0.286. The monoisotopic (exact) mass is 546 g/mol. The van der Waals surface area contributed by atoms with E-state index in [2.05, 4.69) is 26.2 Å². The number of aliphatic hydroxyl groups excluding tert-OH is 1. The number of para-hydroxylation sites is 1. The van der Waals surface area contributed by atoms with Crippen molar-refractivity contribution in [3.05, 3.63) is 95.6 Å². The summed E-state index contributed by atoms with van der Waals surface area (Å²) >= 11 is 1.52. The molecule has 3 aromatic carbocycles. The third-order valence-electron chi connectivity index (χ3n) is 6.21. The zero-order chi connectivity index (χ0) is 27.0. The molecule has 4 aromatic rings. The largest absolute Gasteiger partial charge is 0.392 e. The topological polar surface area (TPSA) is 123 Å². The summed E-state index contributed by atoms with van der Waals surface area (Å²) in [5.41, 5.74) is 4.17. The lowest BCUT2D eigenvalue weighted by atomic mass is 10.0. The Morgan fingerprint density at radius 2 is 1.87 bits per heavy atom. The number of anilines is 1. The summed E-state index contributed by atoms with van der Waals surface area (Å²) in [6.07, 6.45) is -0.413. The van der Waals surface area contributed by atoms with Crippen molar-refractivity contribution in [2.75, 3.05) is 17.6 Å². The van der Waals surface area contributed by atoms with E-state index in [-0.39, 0.29) is 24.8 Å². The van der Waals surface area contributed by atoms with Crippen LogP contribution in [0.5, 0.6) is 0 Å². The van der Waals surface area contributed by atoms with Gasteiger partial charge in [-0.25, -0.2) is 4.79 Å². The number of tetrazole rings is 1. The molecule has 10 nitrogen and oxygen atoms in total. The van der Waals surface area contributed by atoms with Crippen molar-refractivity contribution in [2.24, 2.45) is 0 Å². The second-order valence-corrected chi connectivity index (χ2v) is 9.97. The van der Waals surface area contributed by atoms with E-state index in [1.807, 2.05) is 85.8 Å². The molecule has 1 fully saturated rings. The van der Waals surface area contributed by atoms with E-state index in [0.29, 0.717) is 29.6 Å². The number of carbonyl (C=O) groups excluding carboxylic acids is 1. The molecule has 1 aliphatic rings. The van der Waals surface area contributed by atoms with Crippen molar-refractivity contribution in [1.82, 2.24) is 25.5 Å². The van der Waals surface area contributed by atoms with E-state index >= 15 is 0 Å². The summed E-state index contributed by atoms with van der Waals surface area (Å²) in [4.78, 5) is 12.0. The van der Waals surface area contributed by atoms with Gasteiger partial charge in [-0.15, -0.1) is 5.10 Å². The van der Waals surface area contributed by atoms with Gasteiger partial charge in [0, 0.05) is 30.0 Å². The Hall–Kier alpha value is -3.77. The first kappa shape index (κ1) is 26.8. The molecule has 3 N–H and O–H groups in total. The number of aromatic nitrogens is 4. The molecule has 1 saturated heterocycles. The van der Waals surface area contributed by atoms with Crippen LogP contribution in [-0.4, -0.2) is 49.7 Å². The first-order chi connectivity index (χ1) is 19.1. The number of rotatable bonds is 9. The Kier molecular flexibility index (Phi) is 8.84. The zero-order valence-corrected chi connectivity index (χ0v) is 22.3. The van der Waals surface area contributed by atoms with E-state index in [1.54, 1.807) is 4.68 Å². The third-order valence-corrected chi connectivity index (χ3v) is 7.26. The van der Waals surface area contributed by atoms with Crippen LogP contribution in [-0.2, 0) is 16.1 Å². The van der Waals surface area contributed by atoms with Crippen molar-refractivity contribution < 1.29 is 19.4 Å². The molecular formula is C28H30N6O4S. The number of hydrogen-bond donors (Lipinski definition) is 3. The molecule has 0 aliphatic carbocycles. The van der Waals surface area contributed by atoms with Gasteiger partial charge in [0.25, 0.3) is 0 Å². The SMILES string of the molecule is CCNC(=O)Nc1cccc([C@@H]2O[C@H](CSc3nnnn3-c3ccccc3)C[C@H](c3ccc(CO)cc3)O2)c1. The normalized spacial score (nSPS) is 19.0. The number of urea groups is 1. The Labute approximate surface area is 230 Å². The summed E-state index contributed by atoms with van der Waals surface area (Å²) in [5, 5.41) is 27.9. The zero-order valence-electron chi connectivity index (χ0n) is 21.4. The number of ether oxygens (including phenoxy) is 2. The minimum Gasteiger partial charge on any atom is -0.392 e. The third kappa shape index (κ3) is 6.82. The predicted octanol–water partition coefficient (Wildman–Crippen LogP) is 4.63. The summed E-state index contributed by atoms with van der Waals surface area (Å²) in [7, 11) is 0. The lowest BCUT2D eigenvalue weighted by Gasteiger charge is -2.36.